The first kappa shape index (κ1) is 9.44. The highest BCUT2D eigenvalue weighted by Gasteiger charge is 2.26. The normalized spacial score (nSPS) is 15.7. The van der Waals surface area contributed by atoms with Crippen LogP contribution in [0.15, 0.2) is 11.8 Å². The van der Waals surface area contributed by atoms with Crippen molar-refractivity contribution in [1.82, 2.24) is 10.2 Å². The molecule has 1 N–H and O–H groups in total. The summed E-state index contributed by atoms with van der Waals surface area (Å²) < 4.78 is 0. The summed E-state index contributed by atoms with van der Waals surface area (Å²) in [5, 5.41) is 2.36. The maximum atomic E-state index is 11.3. The molecule has 1 rings (SSSR count). The Morgan fingerprint density at radius 1 is 1.46 bits per heavy atom. The first-order chi connectivity index (χ1) is 6.02. The van der Waals surface area contributed by atoms with Crippen molar-refractivity contribution in [2.45, 2.75) is 13.8 Å². The van der Waals surface area contributed by atoms with Crippen LogP contribution in [0.4, 0.5) is 0 Å². The Hall–Kier alpha value is -1.65. The van der Waals surface area contributed by atoms with E-state index in [4.69, 9.17) is 0 Å². The smallest absolute Gasteiger partial charge is 0.276 e. The molecule has 3 amide bonds. The lowest BCUT2D eigenvalue weighted by atomic mass is 10.4. The first-order valence-corrected chi connectivity index (χ1v) is 3.82. The van der Waals surface area contributed by atoms with Gasteiger partial charge in [0.25, 0.3) is 5.91 Å². The quantitative estimate of drug-likeness (QED) is 0.588. The van der Waals surface area contributed by atoms with Crippen LogP contribution in [-0.2, 0) is 14.4 Å². The van der Waals surface area contributed by atoms with Crippen molar-refractivity contribution in [3.63, 3.8) is 0 Å². The molecule has 0 unspecified atom stereocenters. The summed E-state index contributed by atoms with van der Waals surface area (Å²) in [5.74, 6) is -1.07. The minimum absolute atomic E-state index is 0.183. The van der Waals surface area contributed by atoms with Gasteiger partial charge in [0.1, 0.15) is 5.70 Å². The zero-order valence-corrected chi connectivity index (χ0v) is 7.46. The van der Waals surface area contributed by atoms with E-state index in [0.717, 1.165) is 4.90 Å². The van der Waals surface area contributed by atoms with Crippen molar-refractivity contribution in [2.75, 3.05) is 6.54 Å². The van der Waals surface area contributed by atoms with Crippen LogP contribution in [0.2, 0.25) is 0 Å². The molecule has 13 heavy (non-hydrogen) atoms. The number of carbonyl (C=O) groups excluding carboxylic acids is 3. The van der Waals surface area contributed by atoms with Crippen molar-refractivity contribution in [1.29, 1.82) is 0 Å². The zero-order chi connectivity index (χ0) is 10.0. The molecular weight excluding hydrogens is 172 g/mol. The van der Waals surface area contributed by atoms with Crippen LogP contribution < -0.4 is 5.32 Å². The van der Waals surface area contributed by atoms with Crippen molar-refractivity contribution < 1.29 is 14.4 Å². The Balaban J connectivity index is 2.68. The van der Waals surface area contributed by atoms with Gasteiger partial charge >= 0.3 is 0 Å². The zero-order valence-electron chi connectivity index (χ0n) is 7.46. The Labute approximate surface area is 75.4 Å². The second-order valence-electron chi connectivity index (χ2n) is 2.73. The van der Waals surface area contributed by atoms with Crippen LogP contribution >= 0.6 is 0 Å². The summed E-state index contributed by atoms with van der Waals surface area (Å²) in [5.41, 5.74) is 0.183. The van der Waals surface area contributed by atoms with E-state index in [2.05, 4.69) is 5.32 Å². The molecule has 0 aromatic heterocycles. The highest BCUT2D eigenvalue weighted by atomic mass is 16.2. The Bertz CT molecular complexity index is 307. The number of nitrogens with zero attached hydrogens (tertiary/aromatic N) is 1. The van der Waals surface area contributed by atoms with Gasteiger partial charge in [-0.25, -0.2) is 0 Å². The number of carbonyl (C=O) groups is 3. The van der Waals surface area contributed by atoms with Crippen LogP contribution in [0.3, 0.4) is 0 Å². The first-order valence-electron chi connectivity index (χ1n) is 3.82. The second kappa shape index (κ2) is 3.38. The summed E-state index contributed by atoms with van der Waals surface area (Å²) in [6.07, 6.45) is 1.52. The SMILES string of the molecule is CC(=O)NC1=CCN(C(C)=O)C1=O. The lowest BCUT2D eigenvalue weighted by Crippen LogP contribution is -2.35. The standard InChI is InChI=1S/C8H10N2O3/c1-5(11)9-7-3-4-10(6(2)12)8(7)13/h3H,4H2,1-2H3,(H,9,11). The molecule has 1 heterocycles. The number of imide groups is 1. The molecule has 70 valence electrons. The maximum absolute atomic E-state index is 11.3. The number of nitrogens with one attached hydrogen (secondary N) is 1. The fourth-order valence-corrected chi connectivity index (χ4v) is 1.06. The van der Waals surface area contributed by atoms with Gasteiger partial charge in [0, 0.05) is 20.4 Å². The van der Waals surface area contributed by atoms with Gasteiger partial charge in [-0.1, -0.05) is 0 Å². The number of amides is 3. The molecule has 0 radical (unpaired) electrons. The molecule has 5 heteroatoms. The summed E-state index contributed by atoms with van der Waals surface area (Å²) in [6.45, 7) is 2.86. The highest BCUT2D eigenvalue weighted by Crippen LogP contribution is 2.08. The molecule has 0 atom stereocenters. The monoisotopic (exact) mass is 182 g/mol. The van der Waals surface area contributed by atoms with Crippen LogP contribution in [0.5, 0.6) is 0 Å². The number of hydrogen-bond acceptors (Lipinski definition) is 3. The Morgan fingerprint density at radius 2 is 2.08 bits per heavy atom. The van der Waals surface area contributed by atoms with E-state index in [1.807, 2.05) is 0 Å². The average Bonchev–Trinajstić information content (AvgIpc) is 2.32. The van der Waals surface area contributed by atoms with E-state index < -0.39 is 5.91 Å². The van der Waals surface area contributed by atoms with Gasteiger partial charge in [-0.2, -0.15) is 0 Å². The van der Waals surface area contributed by atoms with E-state index in [-0.39, 0.29) is 24.1 Å². The Morgan fingerprint density at radius 3 is 2.46 bits per heavy atom. The van der Waals surface area contributed by atoms with Crippen molar-refractivity contribution >= 4 is 17.7 Å². The predicted molar refractivity (Wildman–Crippen MR) is 44.3 cm³/mol. The fourth-order valence-electron chi connectivity index (χ4n) is 1.06. The van der Waals surface area contributed by atoms with Crippen LogP contribution in [-0.4, -0.2) is 29.2 Å². The molecule has 0 aromatic rings. The van der Waals surface area contributed by atoms with E-state index in [1.165, 1.54) is 19.9 Å². The number of rotatable bonds is 1. The molecule has 0 saturated heterocycles. The minimum atomic E-state index is -0.442. The lowest BCUT2D eigenvalue weighted by molar-refractivity contribution is -0.140. The molecular formula is C8H10N2O3. The van der Waals surface area contributed by atoms with Crippen molar-refractivity contribution in [2.24, 2.45) is 0 Å². The van der Waals surface area contributed by atoms with Crippen LogP contribution in [0, 0.1) is 0 Å². The fraction of sp³-hybridized carbons (Fsp3) is 0.375. The molecule has 0 saturated carbocycles. The summed E-state index contributed by atoms with van der Waals surface area (Å²) >= 11 is 0. The number of hydrogen-bond donors (Lipinski definition) is 1. The second-order valence-corrected chi connectivity index (χ2v) is 2.73. The molecule has 5 nitrogen and oxygen atoms in total. The van der Waals surface area contributed by atoms with Gasteiger partial charge in [-0.3, -0.25) is 19.3 Å². The largest absolute Gasteiger partial charge is 0.322 e. The van der Waals surface area contributed by atoms with E-state index in [9.17, 15) is 14.4 Å². The molecule has 1 aliphatic rings. The molecule has 0 bridgehead atoms. The van der Waals surface area contributed by atoms with Crippen LogP contribution in [0.25, 0.3) is 0 Å². The van der Waals surface area contributed by atoms with Gasteiger partial charge < -0.3 is 5.32 Å². The summed E-state index contributed by atoms with van der Waals surface area (Å²) in [6, 6.07) is 0. The molecule has 1 aliphatic heterocycles. The van der Waals surface area contributed by atoms with E-state index >= 15 is 0 Å². The van der Waals surface area contributed by atoms with E-state index in [0.29, 0.717) is 0 Å². The van der Waals surface area contributed by atoms with Gasteiger partial charge in [0.05, 0.1) is 0 Å². The maximum Gasteiger partial charge on any atom is 0.276 e. The van der Waals surface area contributed by atoms with E-state index in [1.54, 1.807) is 0 Å². The lowest BCUT2D eigenvalue weighted by Gasteiger charge is -2.10. The van der Waals surface area contributed by atoms with Crippen molar-refractivity contribution in [3.05, 3.63) is 11.8 Å². The average molecular weight is 182 g/mol. The van der Waals surface area contributed by atoms with Crippen molar-refractivity contribution in [3.8, 4) is 0 Å². The third-order valence-corrected chi connectivity index (χ3v) is 1.64. The predicted octanol–water partition coefficient (Wildman–Crippen LogP) is -0.605. The highest BCUT2D eigenvalue weighted by molar-refractivity contribution is 6.07. The van der Waals surface area contributed by atoms with Gasteiger partial charge in [0.15, 0.2) is 0 Å². The third kappa shape index (κ3) is 1.93. The summed E-state index contributed by atoms with van der Waals surface area (Å²) in [7, 11) is 0. The topological polar surface area (TPSA) is 66.5 Å². The molecule has 0 spiro atoms. The third-order valence-electron chi connectivity index (χ3n) is 1.64. The molecule has 0 aromatic carbocycles. The van der Waals surface area contributed by atoms with Crippen LogP contribution in [0.1, 0.15) is 13.8 Å². The minimum Gasteiger partial charge on any atom is -0.322 e. The molecule has 0 fully saturated rings. The summed E-state index contributed by atoms with van der Waals surface area (Å²) in [4.78, 5) is 33.8. The van der Waals surface area contributed by atoms with Gasteiger partial charge in [-0.05, 0) is 6.08 Å². The Kier molecular flexibility index (Phi) is 2.46. The molecule has 0 aliphatic carbocycles. The van der Waals surface area contributed by atoms with Gasteiger partial charge in [0.2, 0.25) is 11.8 Å². The van der Waals surface area contributed by atoms with Gasteiger partial charge in [-0.15, -0.1) is 0 Å².